The van der Waals surface area contributed by atoms with Gasteiger partial charge in [0.25, 0.3) is 0 Å². The topological polar surface area (TPSA) is 103 Å². The number of nitrogens with zero attached hydrogens (tertiary/aromatic N) is 3. The first kappa shape index (κ1) is 21.4. The summed E-state index contributed by atoms with van der Waals surface area (Å²) in [7, 11) is 0. The van der Waals surface area contributed by atoms with Crippen LogP contribution in [-0.4, -0.2) is 29.0 Å². The molecule has 3 N–H and O–H groups in total. The minimum absolute atomic E-state index is 0.160. The van der Waals surface area contributed by atoms with E-state index in [0.29, 0.717) is 24.7 Å². The normalized spacial score (nSPS) is 12.8. The van der Waals surface area contributed by atoms with Gasteiger partial charge in [-0.3, -0.25) is 4.79 Å². The smallest absolute Gasteiger partial charge is 0.320 e. The number of ether oxygens (including phenoxy) is 2. The lowest BCUT2D eigenvalue weighted by atomic mass is 10.2. The van der Waals surface area contributed by atoms with Crippen molar-refractivity contribution in [2.75, 3.05) is 29.1 Å². The summed E-state index contributed by atoms with van der Waals surface area (Å²) in [6.07, 6.45) is 1.90. The van der Waals surface area contributed by atoms with Crippen molar-refractivity contribution in [1.29, 1.82) is 0 Å². The van der Waals surface area contributed by atoms with Gasteiger partial charge in [-0.1, -0.05) is 37.6 Å². The fraction of sp³-hybridized carbons (Fsp3) is 0.250. The van der Waals surface area contributed by atoms with Crippen molar-refractivity contribution in [2.24, 2.45) is 0 Å². The second-order valence-corrected chi connectivity index (χ2v) is 7.59. The van der Waals surface area contributed by atoms with E-state index in [0.717, 1.165) is 35.5 Å². The Hall–Kier alpha value is -3.81. The van der Waals surface area contributed by atoms with E-state index in [1.807, 2.05) is 53.4 Å². The fourth-order valence-electron chi connectivity index (χ4n) is 3.30. The van der Waals surface area contributed by atoms with E-state index in [9.17, 15) is 4.79 Å². The number of amides is 1. The van der Waals surface area contributed by atoms with Crippen LogP contribution in [0.4, 0.5) is 17.3 Å². The highest BCUT2D eigenvalue weighted by Gasteiger charge is 2.27. The molecule has 8 heteroatoms. The van der Waals surface area contributed by atoms with Gasteiger partial charge < -0.3 is 25.4 Å². The molecular formula is C24H26N5O3. The number of carbonyl (C=O) groups excluding carboxylic acids is 1. The molecule has 0 atom stereocenters. The predicted molar refractivity (Wildman–Crippen MR) is 124 cm³/mol. The first-order valence-corrected chi connectivity index (χ1v) is 10.6. The number of unbranched alkanes of at least 4 members (excludes halogenated alkanes) is 1. The van der Waals surface area contributed by atoms with Gasteiger partial charge in [-0.25, -0.2) is 0 Å². The molecule has 4 rings (SSSR count). The van der Waals surface area contributed by atoms with E-state index in [-0.39, 0.29) is 24.3 Å². The van der Waals surface area contributed by atoms with Crippen LogP contribution in [0.2, 0.25) is 0 Å². The van der Waals surface area contributed by atoms with Crippen LogP contribution < -0.4 is 25.4 Å². The van der Waals surface area contributed by atoms with Crippen LogP contribution in [0.5, 0.6) is 17.5 Å². The summed E-state index contributed by atoms with van der Waals surface area (Å²) in [6, 6.07) is 15.5. The summed E-state index contributed by atoms with van der Waals surface area (Å²) in [5.74, 6) is 2.05. The molecule has 0 saturated carbocycles. The van der Waals surface area contributed by atoms with Crippen molar-refractivity contribution < 1.29 is 14.3 Å². The molecule has 0 saturated heterocycles. The van der Waals surface area contributed by atoms with Crippen LogP contribution >= 0.6 is 0 Å². The van der Waals surface area contributed by atoms with Crippen LogP contribution in [-0.2, 0) is 11.3 Å². The Kier molecular flexibility index (Phi) is 6.39. The van der Waals surface area contributed by atoms with Crippen molar-refractivity contribution >= 4 is 23.2 Å². The van der Waals surface area contributed by atoms with E-state index in [1.54, 1.807) is 0 Å². The number of nitrogens with one attached hydrogen (secondary N) is 1. The second-order valence-electron chi connectivity index (χ2n) is 7.59. The molecule has 1 radical (unpaired) electrons. The summed E-state index contributed by atoms with van der Waals surface area (Å²) in [4.78, 5) is 22.8. The molecule has 0 bridgehead atoms. The highest BCUT2D eigenvalue weighted by Crippen LogP contribution is 2.34. The lowest BCUT2D eigenvalue weighted by Gasteiger charge is -2.30. The van der Waals surface area contributed by atoms with Gasteiger partial charge in [-0.2, -0.15) is 9.97 Å². The number of benzene rings is 2. The van der Waals surface area contributed by atoms with Crippen molar-refractivity contribution in [3.05, 3.63) is 66.6 Å². The average Bonchev–Trinajstić information content (AvgIpc) is 2.78. The average molecular weight is 433 g/mol. The number of aromatic nitrogens is 2. The molecule has 8 nitrogen and oxygen atoms in total. The molecule has 32 heavy (non-hydrogen) atoms. The molecule has 1 aliphatic rings. The van der Waals surface area contributed by atoms with E-state index >= 15 is 0 Å². The summed E-state index contributed by atoms with van der Waals surface area (Å²) < 4.78 is 11.5. The largest absolute Gasteiger partial charge is 0.463 e. The first-order valence-electron chi connectivity index (χ1n) is 10.6. The number of nitrogen functional groups attached to an aromatic ring is 1. The molecule has 165 valence electrons. The van der Waals surface area contributed by atoms with Gasteiger partial charge in [-0.05, 0) is 48.7 Å². The summed E-state index contributed by atoms with van der Waals surface area (Å²) in [6.45, 7) is 7.10. The fourth-order valence-corrected chi connectivity index (χ4v) is 3.30. The highest BCUT2D eigenvalue weighted by atomic mass is 16.5. The Bertz CT molecular complexity index is 1080. The third-order valence-electron chi connectivity index (χ3n) is 4.98. The number of hydrogen-bond acceptors (Lipinski definition) is 7. The van der Waals surface area contributed by atoms with E-state index in [1.165, 1.54) is 0 Å². The SMILES string of the molecule is [CH2]c1ccc(Oc2ccc(CN3CC(=O)Nc4c(N)nc(OCCCC)nc43)cc2)cc1. The van der Waals surface area contributed by atoms with E-state index in [2.05, 4.69) is 29.1 Å². The number of fused-ring (bicyclic) bond motifs is 1. The van der Waals surface area contributed by atoms with Crippen LogP contribution in [0.1, 0.15) is 30.9 Å². The maximum atomic E-state index is 12.2. The van der Waals surface area contributed by atoms with Crippen molar-refractivity contribution in [2.45, 2.75) is 26.3 Å². The van der Waals surface area contributed by atoms with Crippen LogP contribution in [0, 0.1) is 6.92 Å². The van der Waals surface area contributed by atoms with Crippen molar-refractivity contribution in [1.82, 2.24) is 9.97 Å². The molecule has 0 unspecified atom stereocenters. The quantitative estimate of drug-likeness (QED) is 0.515. The maximum absolute atomic E-state index is 12.2. The third-order valence-corrected chi connectivity index (χ3v) is 4.98. The summed E-state index contributed by atoms with van der Waals surface area (Å²) >= 11 is 0. The van der Waals surface area contributed by atoms with Gasteiger partial charge in [0.15, 0.2) is 11.6 Å². The lowest BCUT2D eigenvalue weighted by Crippen LogP contribution is -2.39. The second kappa shape index (κ2) is 9.55. The van der Waals surface area contributed by atoms with Crippen molar-refractivity contribution in [3.8, 4) is 17.5 Å². The number of hydrogen-bond donors (Lipinski definition) is 2. The van der Waals surface area contributed by atoms with Gasteiger partial charge in [0, 0.05) is 6.54 Å². The van der Waals surface area contributed by atoms with Gasteiger partial charge in [0.1, 0.15) is 17.2 Å². The lowest BCUT2D eigenvalue weighted by molar-refractivity contribution is -0.115. The number of anilines is 3. The van der Waals surface area contributed by atoms with E-state index < -0.39 is 0 Å². The number of rotatable bonds is 8. The predicted octanol–water partition coefficient (Wildman–Crippen LogP) is 4.17. The first-order chi connectivity index (χ1) is 15.5. The minimum Gasteiger partial charge on any atom is -0.463 e. The molecule has 1 aromatic heterocycles. The highest BCUT2D eigenvalue weighted by molar-refractivity contribution is 6.03. The van der Waals surface area contributed by atoms with Gasteiger partial charge in [0.2, 0.25) is 5.91 Å². The van der Waals surface area contributed by atoms with Crippen LogP contribution in [0.25, 0.3) is 0 Å². The Balaban J connectivity index is 1.50. The minimum atomic E-state index is -0.165. The summed E-state index contributed by atoms with van der Waals surface area (Å²) in [5.41, 5.74) is 8.42. The molecule has 2 heterocycles. The zero-order valence-electron chi connectivity index (χ0n) is 18.0. The third kappa shape index (κ3) is 5.08. The number of nitrogens with two attached hydrogens (primary N) is 1. The Morgan fingerprint density at radius 2 is 1.78 bits per heavy atom. The molecule has 0 aliphatic carbocycles. The molecule has 0 fully saturated rings. The molecule has 0 spiro atoms. The molecule has 1 amide bonds. The molecule has 3 aromatic rings. The Labute approximate surface area is 187 Å². The van der Waals surface area contributed by atoms with Crippen molar-refractivity contribution in [3.63, 3.8) is 0 Å². The Morgan fingerprint density at radius 1 is 1.09 bits per heavy atom. The molecular weight excluding hydrogens is 406 g/mol. The Morgan fingerprint density at radius 3 is 2.47 bits per heavy atom. The molecule has 2 aromatic carbocycles. The summed E-state index contributed by atoms with van der Waals surface area (Å²) in [5, 5.41) is 2.77. The van der Waals surface area contributed by atoms with Gasteiger partial charge in [-0.15, -0.1) is 0 Å². The standard InChI is InChI=1S/C24H26N5O3/c1-3-4-13-31-24-27-22(25)21-23(28-24)29(15-20(30)26-21)14-17-7-11-19(12-8-17)32-18-9-5-16(2)6-10-18/h5-12H,2-4,13-15H2,1H3,(H,26,30)(H2,25,27,28). The zero-order valence-corrected chi connectivity index (χ0v) is 18.0. The van der Waals surface area contributed by atoms with Gasteiger partial charge in [0.05, 0.1) is 13.2 Å². The number of carbonyl (C=O) groups is 1. The van der Waals surface area contributed by atoms with Crippen LogP contribution in [0.3, 0.4) is 0 Å². The molecule has 1 aliphatic heterocycles. The van der Waals surface area contributed by atoms with E-state index in [4.69, 9.17) is 15.2 Å². The maximum Gasteiger partial charge on any atom is 0.320 e. The zero-order chi connectivity index (χ0) is 22.5. The monoisotopic (exact) mass is 432 g/mol. The van der Waals surface area contributed by atoms with Gasteiger partial charge >= 0.3 is 6.01 Å². The van der Waals surface area contributed by atoms with Crippen LogP contribution in [0.15, 0.2) is 48.5 Å².